The van der Waals surface area contributed by atoms with E-state index in [1.165, 1.54) is 0 Å². The maximum atomic E-state index is 12.7. The molecule has 3 heterocycles. The lowest BCUT2D eigenvalue weighted by molar-refractivity contribution is -0.0452. The summed E-state index contributed by atoms with van der Waals surface area (Å²) in [6.45, 7) is 3.07. The summed E-state index contributed by atoms with van der Waals surface area (Å²) >= 11 is 0. The van der Waals surface area contributed by atoms with E-state index in [9.17, 15) is 4.79 Å². The van der Waals surface area contributed by atoms with Gasteiger partial charge in [-0.3, -0.25) is 4.79 Å². The first-order valence-corrected chi connectivity index (χ1v) is 8.02. The van der Waals surface area contributed by atoms with Gasteiger partial charge in [0, 0.05) is 27.3 Å². The standard InChI is InChI=1S/C16H25N3O3/c1-18-12-17-9-14(18)15(20)19-6-3-5-16(11-19)8-13(10-22-16)4-7-21-2/h9,12-13H,3-8,10-11H2,1-2H3. The molecule has 2 atom stereocenters. The quantitative estimate of drug-likeness (QED) is 0.845. The second-order valence-electron chi connectivity index (χ2n) is 6.57. The fourth-order valence-electron chi connectivity index (χ4n) is 3.69. The summed E-state index contributed by atoms with van der Waals surface area (Å²) in [5, 5.41) is 0. The van der Waals surface area contributed by atoms with Crippen molar-refractivity contribution in [2.24, 2.45) is 13.0 Å². The largest absolute Gasteiger partial charge is 0.385 e. The molecular formula is C16H25N3O3. The smallest absolute Gasteiger partial charge is 0.272 e. The number of methoxy groups -OCH3 is 1. The number of piperidine rings is 1. The van der Waals surface area contributed by atoms with E-state index >= 15 is 0 Å². The van der Waals surface area contributed by atoms with Crippen LogP contribution >= 0.6 is 0 Å². The summed E-state index contributed by atoms with van der Waals surface area (Å²) < 4.78 is 13.1. The van der Waals surface area contributed by atoms with Crippen molar-refractivity contribution in [1.29, 1.82) is 0 Å². The lowest BCUT2D eigenvalue weighted by Crippen LogP contribution is -2.50. The van der Waals surface area contributed by atoms with E-state index < -0.39 is 0 Å². The molecule has 3 rings (SSSR count). The van der Waals surface area contributed by atoms with Crippen LogP contribution < -0.4 is 0 Å². The number of carbonyl (C=O) groups excluding carboxylic acids is 1. The van der Waals surface area contributed by atoms with Gasteiger partial charge in [0.15, 0.2) is 0 Å². The van der Waals surface area contributed by atoms with Crippen molar-refractivity contribution in [2.45, 2.75) is 31.3 Å². The number of imidazole rings is 1. The summed E-state index contributed by atoms with van der Waals surface area (Å²) in [7, 11) is 3.59. The minimum absolute atomic E-state index is 0.0583. The van der Waals surface area contributed by atoms with Crippen LogP contribution in [0.15, 0.2) is 12.5 Å². The number of aromatic nitrogens is 2. The number of carbonyl (C=O) groups is 1. The van der Waals surface area contributed by atoms with Crippen LogP contribution in [0.4, 0.5) is 0 Å². The second-order valence-corrected chi connectivity index (χ2v) is 6.57. The maximum absolute atomic E-state index is 12.7. The molecule has 22 heavy (non-hydrogen) atoms. The molecule has 0 aliphatic carbocycles. The first kappa shape index (κ1) is 15.5. The minimum atomic E-state index is -0.148. The van der Waals surface area contributed by atoms with Crippen molar-refractivity contribution in [3.8, 4) is 0 Å². The molecule has 2 fully saturated rings. The zero-order valence-electron chi connectivity index (χ0n) is 13.5. The molecule has 2 aliphatic rings. The van der Waals surface area contributed by atoms with Crippen molar-refractivity contribution in [1.82, 2.24) is 14.5 Å². The molecule has 2 aliphatic heterocycles. The molecule has 6 heteroatoms. The first-order valence-electron chi connectivity index (χ1n) is 8.02. The van der Waals surface area contributed by atoms with Gasteiger partial charge in [-0.25, -0.2) is 4.98 Å². The SMILES string of the molecule is COCCC1COC2(CCCN(C(=O)c3cncn3C)C2)C1. The first-order chi connectivity index (χ1) is 10.6. The van der Waals surface area contributed by atoms with Gasteiger partial charge in [0.05, 0.1) is 31.3 Å². The van der Waals surface area contributed by atoms with E-state index in [1.807, 2.05) is 11.9 Å². The van der Waals surface area contributed by atoms with Gasteiger partial charge in [0.2, 0.25) is 0 Å². The Balaban J connectivity index is 1.65. The zero-order chi connectivity index (χ0) is 15.6. The molecule has 0 N–H and O–H groups in total. The fourth-order valence-corrected chi connectivity index (χ4v) is 3.69. The van der Waals surface area contributed by atoms with Crippen LogP contribution in [0.25, 0.3) is 0 Å². The van der Waals surface area contributed by atoms with Crippen molar-refractivity contribution in [3.05, 3.63) is 18.2 Å². The average molecular weight is 307 g/mol. The number of hydrogen-bond donors (Lipinski definition) is 0. The van der Waals surface area contributed by atoms with Gasteiger partial charge in [-0.2, -0.15) is 0 Å². The molecular weight excluding hydrogens is 282 g/mol. The highest BCUT2D eigenvalue weighted by molar-refractivity contribution is 5.92. The predicted octanol–water partition coefficient (Wildman–Crippen LogP) is 1.47. The lowest BCUT2D eigenvalue weighted by Gasteiger charge is -2.39. The molecule has 0 saturated carbocycles. The van der Waals surface area contributed by atoms with E-state index in [1.54, 1.807) is 24.2 Å². The number of nitrogens with zero attached hydrogens (tertiary/aromatic N) is 3. The summed E-state index contributed by atoms with van der Waals surface area (Å²) in [5.41, 5.74) is 0.497. The van der Waals surface area contributed by atoms with Crippen LogP contribution in [-0.4, -0.2) is 59.4 Å². The van der Waals surface area contributed by atoms with E-state index in [0.717, 1.165) is 45.4 Å². The van der Waals surface area contributed by atoms with Crippen LogP contribution in [0.5, 0.6) is 0 Å². The number of hydrogen-bond acceptors (Lipinski definition) is 4. The highest BCUT2D eigenvalue weighted by Crippen LogP contribution is 2.38. The lowest BCUT2D eigenvalue weighted by atomic mass is 9.85. The van der Waals surface area contributed by atoms with Gasteiger partial charge in [0.25, 0.3) is 5.91 Å². The Morgan fingerprint density at radius 2 is 2.45 bits per heavy atom. The Hall–Kier alpha value is -1.40. The zero-order valence-corrected chi connectivity index (χ0v) is 13.5. The third-order valence-corrected chi connectivity index (χ3v) is 4.88. The van der Waals surface area contributed by atoms with Gasteiger partial charge in [-0.15, -0.1) is 0 Å². The van der Waals surface area contributed by atoms with Crippen LogP contribution in [0.1, 0.15) is 36.2 Å². The topological polar surface area (TPSA) is 56.6 Å². The molecule has 0 radical (unpaired) electrons. The van der Waals surface area contributed by atoms with Crippen LogP contribution in [0.3, 0.4) is 0 Å². The maximum Gasteiger partial charge on any atom is 0.272 e. The summed E-state index contributed by atoms with van der Waals surface area (Å²) in [4.78, 5) is 18.6. The van der Waals surface area contributed by atoms with E-state index in [-0.39, 0.29) is 11.5 Å². The normalized spacial score (nSPS) is 28.5. The number of ether oxygens (including phenoxy) is 2. The number of aryl methyl sites for hydroxylation is 1. The van der Waals surface area contributed by atoms with Crippen molar-refractivity contribution >= 4 is 5.91 Å². The molecule has 2 unspecified atom stereocenters. The summed E-state index contributed by atoms with van der Waals surface area (Å²) in [6.07, 6.45) is 7.42. The van der Waals surface area contributed by atoms with Crippen molar-refractivity contribution < 1.29 is 14.3 Å². The molecule has 0 aromatic carbocycles. The third-order valence-electron chi connectivity index (χ3n) is 4.88. The Morgan fingerprint density at radius 3 is 3.18 bits per heavy atom. The molecule has 1 spiro atoms. The highest BCUT2D eigenvalue weighted by Gasteiger charge is 2.44. The van der Waals surface area contributed by atoms with Crippen molar-refractivity contribution in [3.63, 3.8) is 0 Å². The predicted molar refractivity (Wildman–Crippen MR) is 81.6 cm³/mol. The van der Waals surface area contributed by atoms with Crippen LogP contribution in [-0.2, 0) is 16.5 Å². The van der Waals surface area contributed by atoms with Gasteiger partial charge >= 0.3 is 0 Å². The molecule has 122 valence electrons. The van der Waals surface area contributed by atoms with E-state index in [0.29, 0.717) is 18.2 Å². The molecule has 1 amide bonds. The molecule has 0 bridgehead atoms. The molecule has 1 aromatic rings. The fraction of sp³-hybridized carbons (Fsp3) is 0.750. The van der Waals surface area contributed by atoms with Gasteiger partial charge < -0.3 is 18.9 Å². The monoisotopic (exact) mass is 307 g/mol. The van der Waals surface area contributed by atoms with Crippen LogP contribution in [0, 0.1) is 5.92 Å². The van der Waals surface area contributed by atoms with Crippen LogP contribution in [0.2, 0.25) is 0 Å². The van der Waals surface area contributed by atoms with Gasteiger partial charge in [-0.05, 0) is 31.6 Å². The number of amides is 1. The highest BCUT2D eigenvalue weighted by atomic mass is 16.5. The molecule has 6 nitrogen and oxygen atoms in total. The van der Waals surface area contributed by atoms with E-state index in [2.05, 4.69) is 4.98 Å². The van der Waals surface area contributed by atoms with Gasteiger partial charge in [-0.1, -0.05) is 0 Å². The Labute approximate surface area is 131 Å². The Morgan fingerprint density at radius 1 is 1.59 bits per heavy atom. The number of likely N-dealkylation sites (tertiary alicyclic amines) is 1. The minimum Gasteiger partial charge on any atom is -0.385 e. The molecule has 1 aromatic heterocycles. The Bertz CT molecular complexity index is 530. The number of rotatable bonds is 4. The Kier molecular flexibility index (Phi) is 4.49. The summed E-state index contributed by atoms with van der Waals surface area (Å²) in [5.74, 6) is 0.606. The average Bonchev–Trinajstić information content (AvgIpc) is 3.11. The summed E-state index contributed by atoms with van der Waals surface area (Å²) in [6, 6.07) is 0. The van der Waals surface area contributed by atoms with Crippen molar-refractivity contribution in [2.75, 3.05) is 33.4 Å². The third kappa shape index (κ3) is 3.03. The second kappa shape index (κ2) is 6.38. The molecule has 2 saturated heterocycles. The van der Waals surface area contributed by atoms with E-state index in [4.69, 9.17) is 9.47 Å². The van der Waals surface area contributed by atoms with Gasteiger partial charge in [0.1, 0.15) is 5.69 Å².